The number of rotatable bonds is 10. The number of hydrogen-bond acceptors (Lipinski definition) is 5. The molecule has 0 bridgehead atoms. The molecule has 3 atom stereocenters. The summed E-state index contributed by atoms with van der Waals surface area (Å²) in [5.41, 5.74) is 4.44. The van der Waals surface area contributed by atoms with E-state index < -0.39 is 48.7 Å². The third-order valence-corrected chi connectivity index (χ3v) is 6.72. The van der Waals surface area contributed by atoms with Crippen LogP contribution in [-0.2, 0) is 22.6 Å². The van der Waals surface area contributed by atoms with Crippen LogP contribution in [0.25, 0.3) is 0 Å². The molecule has 1 saturated heterocycles. The quantitative estimate of drug-likeness (QED) is 0.415. The molecule has 3 N–H and O–H groups in total. The Morgan fingerprint density at radius 1 is 1.14 bits per heavy atom. The normalized spacial score (nSPS) is 19.0. The van der Waals surface area contributed by atoms with Crippen molar-refractivity contribution in [3.8, 4) is 5.75 Å². The van der Waals surface area contributed by atoms with E-state index >= 15 is 0 Å². The lowest BCUT2D eigenvalue weighted by Gasteiger charge is -2.36. The van der Waals surface area contributed by atoms with Crippen molar-refractivity contribution in [1.82, 2.24) is 20.7 Å². The number of phenols is 1. The zero-order valence-corrected chi connectivity index (χ0v) is 20.8. The van der Waals surface area contributed by atoms with E-state index in [9.17, 15) is 32.3 Å². The van der Waals surface area contributed by atoms with Crippen LogP contribution in [-0.4, -0.2) is 65.2 Å². The first kappa shape index (κ1) is 28.4. The summed E-state index contributed by atoms with van der Waals surface area (Å²) in [5, 5.41) is 14.0. The zero-order valence-electron chi connectivity index (χ0n) is 20.8. The summed E-state index contributed by atoms with van der Waals surface area (Å²) in [6.45, 7) is 1.53. The van der Waals surface area contributed by atoms with Crippen molar-refractivity contribution in [2.75, 3.05) is 20.1 Å². The van der Waals surface area contributed by atoms with Gasteiger partial charge in [0, 0.05) is 45.1 Å². The molecule has 0 radical (unpaired) electrons. The van der Waals surface area contributed by atoms with E-state index in [4.69, 9.17) is 0 Å². The Bertz CT molecular complexity index is 1050. The highest BCUT2D eigenvalue weighted by molar-refractivity contribution is 5.88. The van der Waals surface area contributed by atoms with Crippen LogP contribution in [0.2, 0.25) is 0 Å². The fourth-order valence-electron chi connectivity index (χ4n) is 4.41. The molecule has 0 aromatic heterocycles. The number of hydrogen-bond donors (Lipinski definition) is 3. The largest absolute Gasteiger partial charge is 0.508 e. The molecule has 1 aliphatic heterocycles. The van der Waals surface area contributed by atoms with Gasteiger partial charge >= 0.3 is 6.18 Å². The summed E-state index contributed by atoms with van der Waals surface area (Å²) in [6.07, 6.45) is -5.62. The van der Waals surface area contributed by atoms with Crippen LogP contribution >= 0.6 is 0 Å². The molecule has 0 saturated carbocycles. The minimum Gasteiger partial charge on any atom is -0.508 e. The summed E-state index contributed by atoms with van der Waals surface area (Å²) in [7, 11) is 1.77. The Balaban J connectivity index is 1.84. The summed E-state index contributed by atoms with van der Waals surface area (Å²) < 4.78 is 53.0. The second-order valence-electron chi connectivity index (χ2n) is 9.29. The highest BCUT2D eigenvalue weighted by Gasteiger charge is 2.44. The number of hydrazine groups is 1. The van der Waals surface area contributed by atoms with Gasteiger partial charge in [0.1, 0.15) is 17.6 Å². The van der Waals surface area contributed by atoms with E-state index in [-0.39, 0.29) is 31.2 Å². The van der Waals surface area contributed by atoms with Crippen molar-refractivity contribution in [1.29, 1.82) is 0 Å². The molecular weight excluding hydrogens is 492 g/mol. The van der Waals surface area contributed by atoms with Crippen LogP contribution in [0.3, 0.4) is 0 Å². The summed E-state index contributed by atoms with van der Waals surface area (Å²) in [6, 6.07) is 10.3. The number of benzene rings is 2. The van der Waals surface area contributed by atoms with Crippen molar-refractivity contribution in [2.45, 2.75) is 51.0 Å². The average molecular weight is 525 g/mol. The molecule has 2 aromatic carbocycles. The minimum atomic E-state index is -4.51. The Morgan fingerprint density at radius 3 is 2.32 bits per heavy atom. The van der Waals surface area contributed by atoms with Gasteiger partial charge in [-0.15, -0.1) is 0 Å². The molecule has 3 rings (SSSR count). The predicted molar refractivity (Wildman–Crippen MR) is 130 cm³/mol. The number of phenolic OH excluding ortho intramolecular Hbond substituents is 1. The van der Waals surface area contributed by atoms with E-state index in [1.54, 1.807) is 24.2 Å². The lowest BCUT2D eigenvalue weighted by molar-refractivity contribution is -0.154. The van der Waals surface area contributed by atoms with E-state index in [0.717, 1.165) is 10.5 Å². The maximum absolute atomic E-state index is 13.5. The van der Waals surface area contributed by atoms with Gasteiger partial charge in [0.05, 0.1) is 6.42 Å². The van der Waals surface area contributed by atoms with Crippen molar-refractivity contribution in [2.24, 2.45) is 5.92 Å². The molecule has 202 valence electrons. The second-order valence-corrected chi connectivity index (χ2v) is 9.29. The molecular formula is C26H32F4N4O3. The van der Waals surface area contributed by atoms with Crippen LogP contribution in [0.1, 0.15) is 30.9 Å². The van der Waals surface area contributed by atoms with Crippen molar-refractivity contribution >= 4 is 11.8 Å². The van der Waals surface area contributed by atoms with Crippen LogP contribution in [0.15, 0.2) is 48.5 Å². The van der Waals surface area contributed by atoms with Crippen molar-refractivity contribution < 1.29 is 32.3 Å². The Labute approximate surface area is 213 Å². The first-order valence-electron chi connectivity index (χ1n) is 12.1. The SMILES string of the molecule is CC1C(C(C(=O)NCc2ccc(F)cc2)N(CCC(F)(F)F)C(=O)CCc2ccc(O)cc2)CNN1C. The first-order valence-corrected chi connectivity index (χ1v) is 12.1. The van der Waals surface area contributed by atoms with E-state index in [1.807, 2.05) is 6.92 Å². The van der Waals surface area contributed by atoms with Crippen molar-refractivity contribution in [3.05, 3.63) is 65.5 Å². The lowest BCUT2D eigenvalue weighted by Crippen LogP contribution is -2.56. The fraction of sp³-hybridized carbons (Fsp3) is 0.462. The lowest BCUT2D eigenvalue weighted by atomic mass is 9.91. The Morgan fingerprint density at radius 2 is 1.76 bits per heavy atom. The molecule has 0 aliphatic carbocycles. The van der Waals surface area contributed by atoms with Crippen molar-refractivity contribution in [3.63, 3.8) is 0 Å². The van der Waals surface area contributed by atoms with Gasteiger partial charge in [0.2, 0.25) is 11.8 Å². The number of aryl methyl sites for hydroxylation is 1. The van der Waals surface area contributed by atoms with Gasteiger partial charge in [-0.3, -0.25) is 15.0 Å². The number of carbonyl (C=O) groups excluding carboxylic acids is 2. The standard InChI is InChI=1S/C26H32F4N4O3/c1-17-22(16-32-33(17)2)24(25(37)31-15-19-3-8-20(27)9-4-19)34(14-13-26(28,29)30)23(36)12-7-18-5-10-21(35)11-6-18/h3-6,8-11,17,22,24,32,35H,7,12-16H2,1-2H3,(H,31,37). The highest BCUT2D eigenvalue weighted by Crippen LogP contribution is 2.27. The number of nitrogens with zero attached hydrogens (tertiary/aromatic N) is 2. The molecule has 37 heavy (non-hydrogen) atoms. The molecule has 1 fully saturated rings. The summed E-state index contributed by atoms with van der Waals surface area (Å²) >= 11 is 0. The number of carbonyl (C=O) groups is 2. The van der Waals surface area contributed by atoms with Gasteiger partial charge in [-0.05, 0) is 48.7 Å². The molecule has 7 nitrogen and oxygen atoms in total. The second kappa shape index (κ2) is 12.4. The van der Waals surface area contributed by atoms with E-state index in [2.05, 4.69) is 10.7 Å². The smallest absolute Gasteiger partial charge is 0.390 e. The van der Waals surface area contributed by atoms with Crippen LogP contribution in [0.5, 0.6) is 5.75 Å². The number of nitrogens with one attached hydrogen (secondary N) is 2. The van der Waals surface area contributed by atoms with Gasteiger partial charge in [-0.1, -0.05) is 24.3 Å². The third-order valence-electron chi connectivity index (χ3n) is 6.72. The summed E-state index contributed by atoms with van der Waals surface area (Å²) in [4.78, 5) is 27.9. The topological polar surface area (TPSA) is 84.9 Å². The Kier molecular flexibility index (Phi) is 9.50. The Hall–Kier alpha value is -3.18. The molecule has 3 unspecified atom stereocenters. The number of amides is 2. The van der Waals surface area contributed by atoms with Gasteiger partial charge in [0.25, 0.3) is 0 Å². The molecule has 1 heterocycles. The van der Waals surface area contributed by atoms with Crippen LogP contribution in [0.4, 0.5) is 17.6 Å². The van der Waals surface area contributed by atoms with Gasteiger partial charge in [0.15, 0.2) is 0 Å². The van der Waals surface area contributed by atoms with Gasteiger partial charge in [-0.2, -0.15) is 13.2 Å². The third kappa shape index (κ3) is 8.16. The minimum absolute atomic E-state index is 0.0365. The maximum Gasteiger partial charge on any atom is 0.390 e. The van der Waals surface area contributed by atoms with Crippen LogP contribution < -0.4 is 10.7 Å². The van der Waals surface area contributed by atoms with E-state index in [0.29, 0.717) is 12.1 Å². The molecule has 2 amide bonds. The zero-order chi connectivity index (χ0) is 27.2. The van der Waals surface area contributed by atoms with Crippen LogP contribution in [0, 0.1) is 11.7 Å². The van der Waals surface area contributed by atoms with Gasteiger partial charge in [-0.25, -0.2) is 9.40 Å². The molecule has 0 spiro atoms. The van der Waals surface area contributed by atoms with E-state index in [1.165, 1.54) is 36.4 Å². The monoisotopic (exact) mass is 524 g/mol. The molecule has 2 aromatic rings. The predicted octanol–water partition coefficient (Wildman–Crippen LogP) is 3.38. The number of halogens is 4. The average Bonchev–Trinajstić information content (AvgIpc) is 3.17. The number of aromatic hydroxyl groups is 1. The number of alkyl halides is 3. The maximum atomic E-state index is 13.5. The van der Waals surface area contributed by atoms with Gasteiger partial charge < -0.3 is 15.3 Å². The molecule has 1 aliphatic rings. The highest BCUT2D eigenvalue weighted by atomic mass is 19.4. The molecule has 11 heteroatoms. The summed E-state index contributed by atoms with van der Waals surface area (Å²) in [5.74, 6) is -1.98. The fourth-order valence-corrected chi connectivity index (χ4v) is 4.41. The first-order chi connectivity index (χ1) is 17.4.